The maximum absolute atomic E-state index is 13.5. The summed E-state index contributed by atoms with van der Waals surface area (Å²) >= 11 is 0. The summed E-state index contributed by atoms with van der Waals surface area (Å²) in [5.74, 6) is 1.10. The lowest BCUT2D eigenvalue weighted by Gasteiger charge is -2.29. The molecule has 0 unspecified atom stereocenters. The molecule has 6 nitrogen and oxygen atoms in total. The van der Waals surface area contributed by atoms with E-state index < -0.39 is 0 Å². The molecule has 1 aliphatic carbocycles. The Labute approximate surface area is 164 Å². The molecule has 0 radical (unpaired) electrons. The number of aliphatic imine (C=N–C) groups is 1. The Morgan fingerprint density at radius 3 is 2.75 bits per heavy atom. The number of rotatable bonds is 5. The second-order valence-corrected chi connectivity index (χ2v) is 7.16. The van der Waals surface area contributed by atoms with Gasteiger partial charge in [-0.2, -0.15) is 0 Å². The summed E-state index contributed by atoms with van der Waals surface area (Å²) < 4.78 is 24.4. The van der Waals surface area contributed by atoms with Crippen molar-refractivity contribution in [2.75, 3.05) is 13.7 Å². The van der Waals surface area contributed by atoms with Crippen LogP contribution in [0.3, 0.4) is 0 Å². The third-order valence-electron chi connectivity index (χ3n) is 5.32. The zero-order chi connectivity index (χ0) is 20.1. The molecule has 1 heterocycles. The highest BCUT2D eigenvalue weighted by Gasteiger charge is 2.27. The van der Waals surface area contributed by atoms with Crippen LogP contribution in [0.15, 0.2) is 27.6 Å². The number of nitrogens with one attached hydrogen (secondary N) is 2. The van der Waals surface area contributed by atoms with Gasteiger partial charge in [0.2, 0.25) is 0 Å². The van der Waals surface area contributed by atoms with Gasteiger partial charge < -0.3 is 19.8 Å². The van der Waals surface area contributed by atoms with E-state index in [9.17, 15) is 9.18 Å². The largest absolute Gasteiger partial charge is 0.466 e. The number of hydrogen-bond donors (Lipinski definition) is 2. The summed E-state index contributed by atoms with van der Waals surface area (Å²) in [5.41, 5.74) is 1.60. The second-order valence-electron chi connectivity index (χ2n) is 7.16. The fourth-order valence-electron chi connectivity index (χ4n) is 3.70. The van der Waals surface area contributed by atoms with Crippen molar-refractivity contribution in [2.45, 2.75) is 52.1 Å². The second kappa shape index (κ2) is 9.08. The molecule has 1 aliphatic rings. The summed E-state index contributed by atoms with van der Waals surface area (Å²) in [6.45, 7) is 4.65. The van der Waals surface area contributed by atoms with Crippen LogP contribution < -0.4 is 10.6 Å². The number of aryl methyl sites for hydroxylation is 1. The first kappa shape index (κ1) is 20.2. The molecule has 0 bridgehead atoms. The lowest BCUT2D eigenvalue weighted by molar-refractivity contribution is -0.149. The molecule has 7 heteroatoms. The molecule has 28 heavy (non-hydrogen) atoms. The highest BCUT2D eigenvalue weighted by atomic mass is 19.1. The van der Waals surface area contributed by atoms with Crippen LogP contribution in [0.5, 0.6) is 0 Å². The number of carbonyl (C=O) groups is 1. The van der Waals surface area contributed by atoms with Crippen molar-refractivity contribution in [3.63, 3.8) is 0 Å². The zero-order valence-electron chi connectivity index (χ0n) is 16.7. The highest BCUT2D eigenvalue weighted by molar-refractivity contribution is 5.83. The Hall–Kier alpha value is -2.57. The number of nitrogens with zero attached hydrogens (tertiary/aromatic N) is 1. The summed E-state index contributed by atoms with van der Waals surface area (Å²) in [5, 5.41) is 7.47. The van der Waals surface area contributed by atoms with Crippen LogP contribution in [-0.2, 0) is 16.1 Å². The van der Waals surface area contributed by atoms with Crippen LogP contribution in [0.2, 0.25) is 0 Å². The number of carbonyl (C=O) groups excluding carboxylic acids is 1. The quantitative estimate of drug-likeness (QED) is 0.464. The van der Waals surface area contributed by atoms with Crippen LogP contribution in [0, 0.1) is 18.7 Å². The molecule has 2 aromatic rings. The number of halogens is 1. The third kappa shape index (κ3) is 4.64. The first-order chi connectivity index (χ1) is 13.5. The van der Waals surface area contributed by atoms with Crippen LogP contribution in [0.25, 0.3) is 11.0 Å². The van der Waals surface area contributed by atoms with Gasteiger partial charge in [0.25, 0.3) is 0 Å². The van der Waals surface area contributed by atoms with E-state index in [2.05, 4.69) is 15.6 Å². The molecular weight excluding hydrogens is 361 g/mol. The SMILES string of the molecule is CCOC(=O)C1CCC(NC(=NC)NCc2oc3ccc(F)cc3c2C)CC1. The van der Waals surface area contributed by atoms with Crippen LogP contribution in [0.4, 0.5) is 4.39 Å². The van der Waals surface area contributed by atoms with Gasteiger partial charge in [0, 0.05) is 24.0 Å². The summed E-state index contributed by atoms with van der Waals surface area (Å²) in [6.07, 6.45) is 3.43. The molecule has 0 saturated heterocycles. The number of furan rings is 1. The fourth-order valence-corrected chi connectivity index (χ4v) is 3.70. The van der Waals surface area contributed by atoms with Crippen LogP contribution in [-0.4, -0.2) is 31.6 Å². The number of hydrogen-bond acceptors (Lipinski definition) is 4. The molecule has 3 rings (SSSR count). The standard InChI is InChI=1S/C21H28FN3O3/c1-4-27-20(26)14-5-8-16(9-6-14)25-21(23-3)24-12-19-13(2)17-11-15(22)7-10-18(17)28-19/h7,10-11,14,16H,4-6,8-9,12H2,1-3H3,(H2,23,24,25). The number of ether oxygens (including phenoxy) is 1. The molecule has 152 valence electrons. The number of guanidine groups is 1. The summed E-state index contributed by atoms with van der Waals surface area (Å²) in [4.78, 5) is 16.1. The predicted octanol–water partition coefficient (Wildman–Crippen LogP) is 3.67. The van der Waals surface area contributed by atoms with Crippen molar-refractivity contribution in [3.05, 3.63) is 35.3 Å². The minimum Gasteiger partial charge on any atom is -0.466 e. The van der Waals surface area contributed by atoms with E-state index in [1.54, 1.807) is 13.1 Å². The van der Waals surface area contributed by atoms with Crippen molar-refractivity contribution < 1.29 is 18.3 Å². The minimum atomic E-state index is -0.271. The van der Waals surface area contributed by atoms with E-state index >= 15 is 0 Å². The topological polar surface area (TPSA) is 75.9 Å². The first-order valence-corrected chi connectivity index (χ1v) is 9.83. The maximum atomic E-state index is 13.5. The van der Waals surface area contributed by atoms with Crippen molar-refractivity contribution in [2.24, 2.45) is 10.9 Å². The molecule has 0 aliphatic heterocycles. The van der Waals surface area contributed by atoms with E-state index in [4.69, 9.17) is 9.15 Å². The fraction of sp³-hybridized carbons (Fsp3) is 0.524. The van der Waals surface area contributed by atoms with Gasteiger partial charge in [0.15, 0.2) is 5.96 Å². The normalized spacial score (nSPS) is 20.2. The zero-order valence-corrected chi connectivity index (χ0v) is 16.7. The van der Waals surface area contributed by atoms with E-state index in [0.717, 1.165) is 42.4 Å². The van der Waals surface area contributed by atoms with Gasteiger partial charge in [-0.05, 0) is 57.7 Å². The Morgan fingerprint density at radius 1 is 1.32 bits per heavy atom. The van der Waals surface area contributed by atoms with Gasteiger partial charge >= 0.3 is 5.97 Å². The highest BCUT2D eigenvalue weighted by Crippen LogP contribution is 2.27. The van der Waals surface area contributed by atoms with Crippen molar-refractivity contribution >= 4 is 22.9 Å². The molecule has 0 spiro atoms. The summed E-state index contributed by atoms with van der Waals surface area (Å²) in [6, 6.07) is 4.81. The summed E-state index contributed by atoms with van der Waals surface area (Å²) in [7, 11) is 1.72. The van der Waals surface area contributed by atoms with Gasteiger partial charge in [0.1, 0.15) is 17.2 Å². The monoisotopic (exact) mass is 389 g/mol. The van der Waals surface area contributed by atoms with Crippen molar-refractivity contribution in [1.82, 2.24) is 10.6 Å². The van der Waals surface area contributed by atoms with Gasteiger partial charge in [-0.1, -0.05) is 0 Å². The molecule has 2 N–H and O–H groups in total. The Balaban J connectivity index is 1.53. The Bertz CT molecular complexity index is 854. The molecule has 1 aromatic carbocycles. The van der Waals surface area contributed by atoms with Crippen LogP contribution in [0.1, 0.15) is 43.9 Å². The van der Waals surface area contributed by atoms with E-state index in [0.29, 0.717) is 24.7 Å². The molecule has 0 amide bonds. The van der Waals surface area contributed by atoms with Crippen molar-refractivity contribution in [1.29, 1.82) is 0 Å². The van der Waals surface area contributed by atoms with Crippen LogP contribution >= 0.6 is 0 Å². The smallest absolute Gasteiger partial charge is 0.308 e. The van der Waals surface area contributed by atoms with Gasteiger partial charge in [-0.3, -0.25) is 9.79 Å². The Kier molecular flexibility index (Phi) is 6.54. The number of benzene rings is 1. The maximum Gasteiger partial charge on any atom is 0.308 e. The van der Waals surface area contributed by atoms with E-state index in [-0.39, 0.29) is 23.7 Å². The van der Waals surface area contributed by atoms with Gasteiger partial charge in [-0.25, -0.2) is 4.39 Å². The first-order valence-electron chi connectivity index (χ1n) is 9.83. The molecule has 1 aromatic heterocycles. The predicted molar refractivity (Wildman–Crippen MR) is 107 cm³/mol. The number of fused-ring (bicyclic) bond motifs is 1. The average Bonchev–Trinajstić information content (AvgIpc) is 3.01. The van der Waals surface area contributed by atoms with Gasteiger partial charge in [0.05, 0.1) is 19.1 Å². The minimum absolute atomic E-state index is 0.00608. The van der Waals surface area contributed by atoms with E-state index in [1.165, 1.54) is 12.1 Å². The molecule has 0 atom stereocenters. The molecule has 1 fully saturated rings. The average molecular weight is 389 g/mol. The van der Waals surface area contributed by atoms with Gasteiger partial charge in [-0.15, -0.1) is 0 Å². The molecule has 1 saturated carbocycles. The lowest BCUT2D eigenvalue weighted by Crippen LogP contribution is -2.45. The lowest BCUT2D eigenvalue weighted by atomic mass is 9.86. The van der Waals surface area contributed by atoms with E-state index in [1.807, 2.05) is 13.8 Å². The molecular formula is C21H28FN3O3. The number of esters is 1. The third-order valence-corrected chi connectivity index (χ3v) is 5.32. The Morgan fingerprint density at radius 2 is 2.07 bits per heavy atom. The van der Waals surface area contributed by atoms with Crippen molar-refractivity contribution in [3.8, 4) is 0 Å².